The SMILES string of the molecule is CCCCCCCCCC[PH3+].Fc1c(F)c(F)c([B-](c2c(F)c(F)c(F)c(F)c2F)(c2c(F)c(F)c(F)c(F)c2F)c2c(F)c(F)c(F)c(F)c2F)c(F)c1F. The molecule has 0 saturated heterocycles. The maximum absolute atomic E-state index is 15.4. The van der Waals surface area contributed by atoms with Gasteiger partial charge in [-0.25, -0.2) is 87.8 Å². The molecule has 4 aromatic carbocycles. The molecule has 0 aliphatic heterocycles. The molecule has 4 rings (SSSR count). The first kappa shape index (κ1) is 46.4. The highest BCUT2D eigenvalue weighted by Crippen LogP contribution is 2.30. The van der Waals surface area contributed by atoms with Gasteiger partial charge in [0.05, 0.1) is 6.16 Å². The molecule has 0 spiro atoms. The molecule has 1 atom stereocenters. The van der Waals surface area contributed by atoms with Crippen molar-refractivity contribution in [2.75, 3.05) is 6.16 Å². The zero-order chi connectivity index (χ0) is 42.7. The maximum atomic E-state index is 15.4. The Kier molecular flexibility index (Phi) is 15.3. The Labute approximate surface area is 306 Å². The molecule has 0 bridgehead atoms. The normalized spacial score (nSPS) is 11.7. The van der Waals surface area contributed by atoms with E-state index >= 15 is 35.1 Å². The van der Waals surface area contributed by atoms with Gasteiger partial charge in [-0.1, -0.05) is 45.4 Å². The largest absolute Gasteiger partial charge is 0.207 e. The quantitative estimate of drug-likeness (QED) is 0.0333. The summed E-state index contributed by atoms with van der Waals surface area (Å²) in [6, 6.07) is 0. The number of benzene rings is 4. The predicted octanol–water partition coefficient (Wildman–Crippen LogP) is 9.58. The number of halogens is 20. The van der Waals surface area contributed by atoms with Gasteiger partial charge in [0, 0.05) is 0 Å². The lowest BCUT2D eigenvalue weighted by Gasteiger charge is -2.44. The lowest BCUT2D eigenvalue weighted by atomic mass is 9.12. The zero-order valence-electron chi connectivity index (χ0n) is 28.2. The second-order valence-corrected chi connectivity index (χ2v) is 12.8. The van der Waals surface area contributed by atoms with Gasteiger partial charge in [0.15, 0.2) is 69.8 Å². The number of rotatable bonds is 12. The van der Waals surface area contributed by atoms with E-state index in [1.807, 2.05) is 0 Å². The molecule has 308 valence electrons. The Morgan fingerprint density at radius 3 is 0.607 bits per heavy atom. The average Bonchev–Trinajstić information content (AvgIpc) is 3.17. The van der Waals surface area contributed by atoms with Gasteiger partial charge in [0.2, 0.25) is 0 Å². The topological polar surface area (TPSA) is 0 Å². The molecule has 0 saturated carbocycles. The average molecular weight is 854 g/mol. The highest BCUT2D eigenvalue weighted by atomic mass is 31.0. The molecule has 0 aromatic heterocycles. The van der Waals surface area contributed by atoms with Gasteiger partial charge in [-0.15, -0.1) is 21.9 Å². The maximum Gasteiger partial charge on any atom is 0.200 e. The van der Waals surface area contributed by atoms with Crippen LogP contribution in [0.3, 0.4) is 0 Å². The highest BCUT2D eigenvalue weighted by molar-refractivity contribution is 7.20. The molecular weight excluding hydrogens is 830 g/mol. The first-order valence-corrected chi connectivity index (χ1v) is 17.1. The van der Waals surface area contributed by atoms with E-state index in [-0.39, 0.29) is 0 Å². The summed E-state index contributed by atoms with van der Waals surface area (Å²) >= 11 is 0. The third-order valence-corrected chi connectivity index (χ3v) is 9.31. The van der Waals surface area contributed by atoms with Crippen LogP contribution < -0.4 is 21.9 Å². The summed E-state index contributed by atoms with van der Waals surface area (Å²) in [5.74, 6) is -71.4. The first-order chi connectivity index (χ1) is 26.1. The third kappa shape index (κ3) is 7.80. The van der Waals surface area contributed by atoms with Crippen LogP contribution in [0.1, 0.15) is 58.3 Å². The molecule has 0 N–H and O–H groups in total. The van der Waals surface area contributed by atoms with Crippen molar-refractivity contribution in [3.05, 3.63) is 116 Å². The highest BCUT2D eigenvalue weighted by Gasteiger charge is 2.52. The van der Waals surface area contributed by atoms with Crippen molar-refractivity contribution in [3.8, 4) is 0 Å². The lowest BCUT2D eigenvalue weighted by Crippen LogP contribution is -2.81. The molecule has 56 heavy (non-hydrogen) atoms. The molecule has 0 aliphatic rings. The van der Waals surface area contributed by atoms with Gasteiger partial charge in [0.25, 0.3) is 0 Å². The number of hydrogen-bond acceptors (Lipinski definition) is 0. The fraction of sp³-hybridized carbons (Fsp3) is 0.294. The van der Waals surface area contributed by atoms with Crippen LogP contribution in [0.4, 0.5) is 87.8 Å². The van der Waals surface area contributed by atoms with Gasteiger partial charge in [-0.2, -0.15) is 0 Å². The van der Waals surface area contributed by atoms with Crippen molar-refractivity contribution >= 4 is 37.2 Å². The Morgan fingerprint density at radius 2 is 0.429 bits per heavy atom. The monoisotopic (exact) mass is 854 g/mol. The standard InChI is InChI=1S/C24BF20.C10H23P/c26-5-1(6(27)14(35)21(42)13(5)34)25(2-7(28)15(36)22(43)16(37)8(2)29,3-9(30)17(38)23(44)18(39)10(3)31)4-11(32)19(40)24(45)20(41)12(4)33;1-2-3-4-5-6-7-8-9-10-11/h;2-11H2,1H3/q-1;/p+1. The summed E-state index contributed by atoms with van der Waals surface area (Å²) in [4.78, 5) is 0. The van der Waals surface area contributed by atoms with E-state index in [4.69, 9.17) is 0 Å². The van der Waals surface area contributed by atoms with Crippen molar-refractivity contribution < 1.29 is 87.8 Å². The Bertz CT molecular complexity index is 1730. The van der Waals surface area contributed by atoms with Crippen LogP contribution in [-0.2, 0) is 0 Å². The fourth-order valence-electron chi connectivity index (χ4n) is 6.18. The molecule has 0 amide bonds. The van der Waals surface area contributed by atoms with Gasteiger partial charge >= 0.3 is 0 Å². The molecule has 0 radical (unpaired) electrons. The van der Waals surface area contributed by atoms with E-state index in [1.165, 1.54) is 57.5 Å². The van der Waals surface area contributed by atoms with E-state index in [0.29, 0.717) is 0 Å². The fourth-order valence-corrected chi connectivity index (χ4v) is 6.54. The lowest BCUT2D eigenvalue weighted by molar-refractivity contribution is 0.378. The van der Waals surface area contributed by atoms with Crippen LogP contribution in [0, 0.1) is 116 Å². The molecule has 1 unspecified atom stereocenters. The third-order valence-electron chi connectivity index (χ3n) is 8.81. The first-order valence-electron chi connectivity index (χ1n) is 16.1. The molecular formula is C34H24BF20P. The van der Waals surface area contributed by atoms with Crippen molar-refractivity contribution in [2.24, 2.45) is 0 Å². The molecule has 0 heterocycles. The minimum absolute atomic E-state index is 1.37. The van der Waals surface area contributed by atoms with Gasteiger partial charge in [0.1, 0.15) is 52.7 Å². The minimum Gasteiger partial charge on any atom is -0.207 e. The minimum atomic E-state index is -7.22. The zero-order valence-corrected chi connectivity index (χ0v) is 29.6. The van der Waals surface area contributed by atoms with Crippen LogP contribution in [-0.4, -0.2) is 12.3 Å². The molecule has 0 fully saturated rings. The van der Waals surface area contributed by atoms with Crippen molar-refractivity contribution in [1.82, 2.24) is 0 Å². The summed E-state index contributed by atoms with van der Waals surface area (Å²) in [5, 5.41) is 0. The summed E-state index contributed by atoms with van der Waals surface area (Å²) in [7, 11) is 2.10. The Hall–Kier alpha value is -4.03. The molecule has 0 nitrogen and oxygen atoms in total. The molecule has 4 aromatic rings. The predicted molar refractivity (Wildman–Crippen MR) is 168 cm³/mol. The van der Waals surface area contributed by atoms with E-state index < -0.39 is 144 Å². The van der Waals surface area contributed by atoms with E-state index in [9.17, 15) is 52.7 Å². The van der Waals surface area contributed by atoms with Crippen LogP contribution in [0.15, 0.2) is 0 Å². The van der Waals surface area contributed by atoms with Gasteiger partial charge in [-0.05, 0) is 22.1 Å². The van der Waals surface area contributed by atoms with Crippen molar-refractivity contribution in [3.63, 3.8) is 0 Å². The van der Waals surface area contributed by atoms with Crippen molar-refractivity contribution in [1.29, 1.82) is 0 Å². The van der Waals surface area contributed by atoms with Gasteiger partial charge in [-0.3, -0.25) is 0 Å². The van der Waals surface area contributed by atoms with Crippen LogP contribution in [0.2, 0.25) is 0 Å². The summed E-state index contributed by atoms with van der Waals surface area (Å²) in [5.41, 5.74) is -14.3. The summed E-state index contributed by atoms with van der Waals surface area (Å²) in [6.07, 6.45) is 5.79. The summed E-state index contributed by atoms with van der Waals surface area (Å²) in [6.45, 7) is 2.28. The second kappa shape index (κ2) is 18.5. The van der Waals surface area contributed by atoms with Crippen LogP contribution >= 0.6 is 9.24 Å². The second-order valence-electron chi connectivity index (χ2n) is 12.1. The summed E-state index contributed by atoms with van der Waals surface area (Å²) < 4.78 is 294. The smallest absolute Gasteiger partial charge is 0.200 e. The van der Waals surface area contributed by atoms with Crippen LogP contribution in [0.25, 0.3) is 0 Å². The Balaban J connectivity index is 0.000000665. The molecule has 22 heteroatoms. The Morgan fingerprint density at radius 1 is 0.268 bits per heavy atom. The number of hydrogen-bond donors (Lipinski definition) is 0. The van der Waals surface area contributed by atoms with E-state index in [0.717, 1.165) is 0 Å². The number of unbranched alkanes of at least 4 members (excludes halogenated alkanes) is 7. The van der Waals surface area contributed by atoms with E-state index in [1.54, 1.807) is 0 Å². The van der Waals surface area contributed by atoms with Crippen molar-refractivity contribution in [2.45, 2.75) is 58.3 Å². The van der Waals surface area contributed by atoms with Crippen LogP contribution in [0.5, 0.6) is 0 Å². The van der Waals surface area contributed by atoms with E-state index in [2.05, 4.69) is 16.2 Å². The van der Waals surface area contributed by atoms with Gasteiger partial charge < -0.3 is 0 Å². The molecule has 0 aliphatic carbocycles.